The summed E-state index contributed by atoms with van der Waals surface area (Å²) in [7, 11) is 0. The molecule has 19 heavy (non-hydrogen) atoms. The summed E-state index contributed by atoms with van der Waals surface area (Å²) in [6, 6.07) is 0.974. The highest BCUT2D eigenvalue weighted by atomic mass is 32.2. The maximum atomic E-state index is 11.0. The third-order valence-corrected chi connectivity index (χ3v) is 4.21. The molecular weight excluding hydrogens is 286 g/mol. The number of fused-ring (bicyclic) bond motifs is 1. The zero-order valence-electron chi connectivity index (χ0n) is 9.99. The second-order valence-electron chi connectivity index (χ2n) is 3.72. The molecule has 0 bridgehead atoms. The van der Waals surface area contributed by atoms with Gasteiger partial charge in [0, 0.05) is 18.1 Å². The van der Waals surface area contributed by atoms with Crippen LogP contribution in [0.3, 0.4) is 0 Å². The van der Waals surface area contributed by atoms with E-state index in [1.165, 1.54) is 36.3 Å². The molecule has 0 aliphatic heterocycles. The van der Waals surface area contributed by atoms with Gasteiger partial charge in [0.05, 0.1) is 0 Å². The van der Waals surface area contributed by atoms with Crippen molar-refractivity contribution in [3.8, 4) is 0 Å². The number of aromatic nitrogens is 2. The third kappa shape index (κ3) is 3.42. The minimum atomic E-state index is -1.06. The van der Waals surface area contributed by atoms with Crippen LogP contribution in [0.25, 0.3) is 10.2 Å². The second-order valence-corrected chi connectivity index (χ2v) is 5.62. The normalized spacial score (nSPS) is 12.3. The molecule has 2 aromatic rings. The lowest BCUT2D eigenvalue weighted by molar-refractivity contribution is -0.140. The molecule has 0 unspecified atom stereocenters. The van der Waals surface area contributed by atoms with Crippen LogP contribution >= 0.6 is 23.1 Å². The average Bonchev–Trinajstić information content (AvgIpc) is 2.82. The van der Waals surface area contributed by atoms with E-state index >= 15 is 0 Å². The summed E-state index contributed by atoms with van der Waals surface area (Å²) in [5.74, 6) is -1.20. The summed E-state index contributed by atoms with van der Waals surface area (Å²) in [6.45, 7) is 1.29. The van der Waals surface area contributed by atoms with Crippen LogP contribution in [0.15, 0.2) is 22.8 Å². The molecule has 2 N–H and O–H groups in total. The van der Waals surface area contributed by atoms with Crippen LogP contribution < -0.4 is 5.32 Å². The van der Waals surface area contributed by atoms with Crippen molar-refractivity contribution in [1.29, 1.82) is 0 Å². The Morgan fingerprint density at radius 2 is 2.32 bits per heavy atom. The number of amides is 1. The van der Waals surface area contributed by atoms with Crippen molar-refractivity contribution in [1.82, 2.24) is 15.3 Å². The number of carboxylic acids is 1. The number of thioether (sulfide) groups is 1. The predicted octanol–water partition coefficient (Wildman–Crippen LogP) is 1.37. The summed E-state index contributed by atoms with van der Waals surface area (Å²) in [6.07, 6.45) is 1.45. The Morgan fingerprint density at radius 3 is 3.00 bits per heavy atom. The molecule has 100 valence electrons. The van der Waals surface area contributed by atoms with Crippen molar-refractivity contribution in [2.24, 2.45) is 0 Å². The predicted molar refractivity (Wildman–Crippen MR) is 73.4 cm³/mol. The summed E-state index contributed by atoms with van der Waals surface area (Å²) >= 11 is 2.80. The molecule has 8 heteroatoms. The lowest BCUT2D eigenvalue weighted by Crippen LogP contribution is -2.41. The summed E-state index contributed by atoms with van der Waals surface area (Å²) in [5, 5.41) is 14.9. The molecule has 2 aromatic heterocycles. The van der Waals surface area contributed by atoms with E-state index in [1.807, 2.05) is 11.4 Å². The largest absolute Gasteiger partial charge is 0.480 e. The number of hydrogen-bond donors (Lipinski definition) is 2. The molecule has 0 aliphatic rings. The Hall–Kier alpha value is -1.67. The lowest BCUT2D eigenvalue weighted by atomic mass is 10.3. The topological polar surface area (TPSA) is 92.2 Å². The Bertz CT molecular complexity index is 614. The highest BCUT2D eigenvalue weighted by Crippen LogP contribution is 2.27. The second kappa shape index (κ2) is 5.98. The van der Waals surface area contributed by atoms with Gasteiger partial charge in [-0.2, -0.15) is 0 Å². The molecule has 2 heterocycles. The van der Waals surface area contributed by atoms with E-state index in [9.17, 15) is 9.59 Å². The van der Waals surface area contributed by atoms with Crippen molar-refractivity contribution < 1.29 is 14.7 Å². The van der Waals surface area contributed by atoms with E-state index in [4.69, 9.17) is 5.11 Å². The first-order chi connectivity index (χ1) is 9.08. The number of nitrogens with zero attached hydrogens (tertiary/aromatic N) is 2. The summed E-state index contributed by atoms with van der Waals surface area (Å²) in [4.78, 5) is 31.1. The van der Waals surface area contributed by atoms with Crippen LogP contribution in [0.4, 0.5) is 0 Å². The van der Waals surface area contributed by atoms with Crippen molar-refractivity contribution in [3.05, 3.63) is 17.8 Å². The molecule has 1 amide bonds. The third-order valence-electron chi connectivity index (χ3n) is 2.29. The number of carbonyl (C=O) groups is 2. The molecule has 0 fully saturated rings. The van der Waals surface area contributed by atoms with Gasteiger partial charge in [-0.25, -0.2) is 14.8 Å². The smallest absolute Gasteiger partial charge is 0.327 e. The van der Waals surface area contributed by atoms with E-state index in [1.54, 1.807) is 0 Å². The van der Waals surface area contributed by atoms with E-state index in [0.29, 0.717) is 0 Å². The van der Waals surface area contributed by atoms with Crippen LogP contribution in [0.2, 0.25) is 0 Å². The lowest BCUT2D eigenvalue weighted by Gasteiger charge is -2.12. The van der Waals surface area contributed by atoms with E-state index < -0.39 is 12.0 Å². The SMILES string of the molecule is CC(=O)N[C@@H](CSc1ncnc2sccc12)C(=O)O. The number of carbonyl (C=O) groups excluding carboxylic acids is 1. The van der Waals surface area contributed by atoms with Gasteiger partial charge >= 0.3 is 5.97 Å². The van der Waals surface area contributed by atoms with Crippen molar-refractivity contribution in [2.45, 2.75) is 18.0 Å². The minimum Gasteiger partial charge on any atom is -0.480 e. The van der Waals surface area contributed by atoms with Crippen molar-refractivity contribution in [2.75, 3.05) is 5.75 Å². The molecule has 0 saturated heterocycles. The highest BCUT2D eigenvalue weighted by Gasteiger charge is 2.19. The molecule has 0 aliphatic carbocycles. The van der Waals surface area contributed by atoms with Crippen LogP contribution in [0.5, 0.6) is 0 Å². The first-order valence-electron chi connectivity index (χ1n) is 5.39. The Kier molecular flexibility index (Phi) is 4.33. The van der Waals surface area contributed by atoms with Crippen LogP contribution in [-0.2, 0) is 9.59 Å². The van der Waals surface area contributed by atoms with Gasteiger partial charge in [0.25, 0.3) is 0 Å². The molecule has 2 rings (SSSR count). The molecule has 6 nitrogen and oxygen atoms in total. The van der Waals surface area contributed by atoms with Crippen LogP contribution in [0, 0.1) is 0 Å². The molecule has 0 saturated carbocycles. The fourth-order valence-electron chi connectivity index (χ4n) is 1.46. The number of aliphatic carboxylic acids is 1. The van der Waals surface area contributed by atoms with E-state index in [0.717, 1.165) is 15.2 Å². The first kappa shape index (κ1) is 13.8. The number of hydrogen-bond acceptors (Lipinski definition) is 6. The molecular formula is C11H11N3O3S2. The molecule has 1 atom stereocenters. The van der Waals surface area contributed by atoms with Gasteiger partial charge in [-0.3, -0.25) is 4.79 Å². The number of nitrogens with one attached hydrogen (secondary N) is 1. The van der Waals surface area contributed by atoms with Crippen LogP contribution in [-0.4, -0.2) is 38.7 Å². The van der Waals surface area contributed by atoms with Gasteiger partial charge in [0.15, 0.2) is 0 Å². The molecule has 0 spiro atoms. The standard InChI is InChI=1S/C11H11N3O3S2/c1-6(15)14-8(11(16)17)4-19-10-7-2-3-18-9(7)12-5-13-10/h2-3,5,8H,4H2,1H3,(H,14,15)(H,16,17)/t8-/m0/s1. The van der Waals surface area contributed by atoms with Crippen molar-refractivity contribution >= 4 is 45.2 Å². The minimum absolute atomic E-state index is 0.219. The Labute approximate surface area is 117 Å². The van der Waals surface area contributed by atoms with Gasteiger partial charge in [-0.15, -0.1) is 23.1 Å². The van der Waals surface area contributed by atoms with Gasteiger partial charge in [-0.1, -0.05) is 0 Å². The number of rotatable bonds is 5. The maximum absolute atomic E-state index is 11.0. The molecule has 0 aromatic carbocycles. The quantitative estimate of drug-likeness (QED) is 0.639. The van der Waals surface area contributed by atoms with Gasteiger partial charge in [0.1, 0.15) is 22.2 Å². The van der Waals surface area contributed by atoms with Crippen molar-refractivity contribution in [3.63, 3.8) is 0 Å². The Morgan fingerprint density at radius 1 is 1.53 bits per heavy atom. The van der Waals surface area contributed by atoms with Crippen LogP contribution in [0.1, 0.15) is 6.92 Å². The monoisotopic (exact) mass is 297 g/mol. The maximum Gasteiger partial charge on any atom is 0.327 e. The highest BCUT2D eigenvalue weighted by molar-refractivity contribution is 7.99. The number of thiophene rings is 1. The Balaban J connectivity index is 2.10. The zero-order valence-corrected chi connectivity index (χ0v) is 11.6. The zero-order chi connectivity index (χ0) is 13.8. The summed E-state index contributed by atoms with van der Waals surface area (Å²) < 4.78 is 0. The van der Waals surface area contributed by atoms with Gasteiger partial charge in [-0.05, 0) is 11.4 Å². The van der Waals surface area contributed by atoms with E-state index in [-0.39, 0.29) is 11.7 Å². The fourth-order valence-corrected chi connectivity index (χ4v) is 3.25. The number of carboxylic acid groups (broad SMARTS) is 1. The summed E-state index contributed by atoms with van der Waals surface area (Å²) in [5.41, 5.74) is 0. The van der Waals surface area contributed by atoms with E-state index in [2.05, 4.69) is 15.3 Å². The first-order valence-corrected chi connectivity index (χ1v) is 7.25. The van der Waals surface area contributed by atoms with Gasteiger partial charge < -0.3 is 10.4 Å². The molecule has 0 radical (unpaired) electrons. The van der Waals surface area contributed by atoms with Gasteiger partial charge in [0.2, 0.25) is 5.91 Å². The average molecular weight is 297 g/mol. The fraction of sp³-hybridized carbons (Fsp3) is 0.273.